The Morgan fingerprint density at radius 1 is 1.06 bits per heavy atom. The summed E-state index contributed by atoms with van der Waals surface area (Å²) in [6.45, 7) is 8.22. The van der Waals surface area contributed by atoms with Gasteiger partial charge >= 0.3 is 0 Å². The van der Waals surface area contributed by atoms with Gasteiger partial charge in [0.25, 0.3) is 5.91 Å². The highest BCUT2D eigenvalue weighted by molar-refractivity contribution is 6.14. The van der Waals surface area contributed by atoms with E-state index in [2.05, 4.69) is 11.4 Å². The Hall–Kier alpha value is -3.02. The highest BCUT2D eigenvalue weighted by atomic mass is 16.3. The third-order valence-corrected chi connectivity index (χ3v) is 7.37. The molecule has 1 aliphatic carbocycles. The number of aryl methyl sites for hydroxylation is 3. The molecule has 2 aromatic heterocycles. The van der Waals surface area contributed by atoms with Gasteiger partial charge < -0.3 is 14.3 Å². The molecule has 6 heteroatoms. The number of hydrogen-bond acceptors (Lipinski definition) is 3. The molecule has 2 amide bonds. The van der Waals surface area contributed by atoms with Gasteiger partial charge in [0.1, 0.15) is 17.0 Å². The standard InChI is InChI=1S/C27H33N3O3/c1-17-11-12-21(18(2)13-17)30-25(31)23-15-24-22(14-19(3)33-24)29(23)16-27(30,4)26(32)28-20-9-7-5-6-8-10-20/h11-15,20H,5-10,16H2,1-4H3,(H,28,32)/t27-/m0/s1. The third kappa shape index (κ3) is 3.65. The van der Waals surface area contributed by atoms with Crippen LogP contribution in [0, 0.1) is 20.8 Å². The second kappa shape index (κ2) is 8.08. The number of anilines is 1. The molecule has 1 fully saturated rings. The van der Waals surface area contributed by atoms with Gasteiger partial charge in [-0.1, -0.05) is 43.4 Å². The first kappa shape index (κ1) is 21.8. The number of carbonyl (C=O) groups excluding carboxylic acids is 2. The lowest BCUT2D eigenvalue weighted by molar-refractivity contribution is -0.127. The third-order valence-electron chi connectivity index (χ3n) is 7.37. The van der Waals surface area contributed by atoms with E-state index in [9.17, 15) is 9.59 Å². The van der Waals surface area contributed by atoms with Crippen LogP contribution in [-0.4, -0.2) is 28.0 Å². The fourth-order valence-electron chi connectivity index (χ4n) is 5.60. The molecule has 0 spiro atoms. The number of nitrogens with one attached hydrogen (secondary N) is 1. The minimum Gasteiger partial charge on any atom is -0.460 e. The largest absolute Gasteiger partial charge is 0.460 e. The van der Waals surface area contributed by atoms with Crippen LogP contribution < -0.4 is 10.2 Å². The van der Waals surface area contributed by atoms with Gasteiger partial charge in [0.2, 0.25) is 5.91 Å². The molecule has 3 aromatic rings. The van der Waals surface area contributed by atoms with E-state index in [1.54, 1.807) is 4.90 Å². The van der Waals surface area contributed by atoms with Crippen LogP contribution >= 0.6 is 0 Å². The summed E-state index contributed by atoms with van der Waals surface area (Å²) < 4.78 is 7.78. The van der Waals surface area contributed by atoms with E-state index in [1.165, 1.54) is 12.8 Å². The van der Waals surface area contributed by atoms with E-state index in [1.807, 2.05) is 56.5 Å². The van der Waals surface area contributed by atoms with Crippen LogP contribution in [0.1, 0.15) is 72.8 Å². The minimum absolute atomic E-state index is 0.0876. The van der Waals surface area contributed by atoms with Crippen molar-refractivity contribution < 1.29 is 14.0 Å². The Kier molecular flexibility index (Phi) is 5.34. The number of carbonyl (C=O) groups is 2. The van der Waals surface area contributed by atoms with Crippen LogP contribution in [-0.2, 0) is 11.3 Å². The molecule has 0 radical (unpaired) electrons. The molecule has 0 bridgehead atoms. The zero-order valence-corrected chi connectivity index (χ0v) is 20.0. The Morgan fingerprint density at radius 2 is 1.79 bits per heavy atom. The van der Waals surface area contributed by atoms with E-state index >= 15 is 0 Å². The van der Waals surface area contributed by atoms with Crippen LogP contribution in [0.25, 0.3) is 11.1 Å². The molecule has 5 rings (SSSR count). The fraction of sp³-hybridized carbons (Fsp3) is 0.481. The summed E-state index contributed by atoms with van der Waals surface area (Å²) in [5.41, 5.74) is 3.94. The second-order valence-corrected chi connectivity index (χ2v) is 10.1. The summed E-state index contributed by atoms with van der Waals surface area (Å²) in [5.74, 6) is 0.537. The average Bonchev–Trinajstić information content (AvgIpc) is 3.15. The van der Waals surface area contributed by atoms with Crippen LogP contribution in [0.2, 0.25) is 0 Å². The topological polar surface area (TPSA) is 67.5 Å². The number of aromatic nitrogens is 1. The lowest BCUT2D eigenvalue weighted by atomic mass is 9.92. The molecule has 0 unspecified atom stereocenters. The van der Waals surface area contributed by atoms with Gasteiger partial charge in [-0.05, 0) is 52.2 Å². The molecule has 33 heavy (non-hydrogen) atoms. The highest BCUT2D eigenvalue weighted by Gasteiger charge is 2.49. The molecule has 3 heterocycles. The Labute approximate surface area is 194 Å². The van der Waals surface area contributed by atoms with Crippen molar-refractivity contribution in [2.75, 3.05) is 4.90 Å². The second-order valence-electron chi connectivity index (χ2n) is 10.1. The van der Waals surface area contributed by atoms with Crippen molar-refractivity contribution in [3.8, 4) is 0 Å². The van der Waals surface area contributed by atoms with Gasteiger partial charge in [-0.25, -0.2) is 0 Å². The molecule has 1 saturated carbocycles. The SMILES string of the molecule is Cc1ccc(N2C(=O)c3cc4oc(C)cc4n3C[C@@]2(C)C(=O)NC2CCCCCC2)c(C)c1. The van der Waals surface area contributed by atoms with E-state index in [0.717, 1.165) is 53.8 Å². The summed E-state index contributed by atoms with van der Waals surface area (Å²) in [6, 6.07) is 9.95. The molecule has 1 aromatic carbocycles. The predicted octanol–water partition coefficient (Wildman–Crippen LogP) is 5.42. The number of amides is 2. The lowest BCUT2D eigenvalue weighted by Gasteiger charge is -2.45. The van der Waals surface area contributed by atoms with Crippen LogP contribution in [0.4, 0.5) is 5.69 Å². The number of benzene rings is 1. The smallest absolute Gasteiger partial charge is 0.276 e. The first-order valence-corrected chi connectivity index (χ1v) is 12.1. The van der Waals surface area contributed by atoms with E-state index in [0.29, 0.717) is 17.8 Å². The van der Waals surface area contributed by atoms with Crippen LogP contribution in [0.15, 0.2) is 34.7 Å². The summed E-state index contributed by atoms with van der Waals surface area (Å²) in [7, 11) is 0. The zero-order chi connectivity index (χ0) is 23.3. The van der Waals surface area contributed by atoms with Crippen molar-refractivity contribution in [1.29, 1.82) is 0 Å². The normalized spacial score (nSPS) is 21.8. The van der Waals surface area contributed by atoms with Crippen molar-refractivity contribution in [1.82, 2.24) is 9.88 Å². The molecule has 0 saturated heterocycles. The predicted molar refractivity (Wildman–Crippen MR) is 130 cm³/mol. The number of hydrogen-bond donors (Lipinski definition) is 1. The fourth-order valence-corrected chi connectivity index (χ4v) is 5.60. The zero-order valence-electron chi connectivity index (χ0n) is 20.0. The molecule has 1 N–H and O–H groups in total. The molecule has 2 aliphatic rings. The van der Waals surface area contributed by atoms with Crippen LogP contribution in [0.5, 0.6) is 0 Å². The average molecular weight is 448 g/mol. The maximum atomic E-state index is 14.0. The van der Waals surface area contributed by atoms with Crippen molar-refractivity contribution in [3.63, 3.8) is 0 Å². The van der Waals surface area contributed by atoms with Gasteiger partial charge in [-0.3, -0.25) is 14.5 Å². The summed E-state index contributed by atoms with van der Waals surface area (Å²) in [6.07, 6.45) is 6.72. The number of fused-ring (bicyclic) bond motifs is 3. The van der Waals surface area contributed by atoms with Gasteiger partial charge in [0.15, 0.2) is 5.58 Å². The first-order valence-electron chi connectivity index (χ1n) is 12.1. The highest BCUT2D eigenvalue weighted by Crippen LogP contribution is 2.38. The van der Waals surface area contributed by atoms with Gasteiger partial charge in [-0.2, -0.15) is 0 Å². The van der Waals surface area contributed by atoms with E-state index < -0.39 is 5.54 Å². The molecule has 1 atom stereocenters. The van der Waals surface area contributed by atoms with Crippen LogP contribution in [0.3, 0.4) is 0 Å². The van der Waals surface area contributed by atoms with Crippen molar-refractivity contribution >= 4 is 28.6 Å². The monoisotopic (exact) mass is 447 g/mol. The molecule has 1 aliphatic heterocycles. The number of furan rings is 1. The van der Waals surface area contributed by atoms with Crippen molar-refractivity contribution in [2.45, 2.75) is 84.3 Å². The van der Waals surface area contributed by atoms with Gasteiger partial charge in [0.05, 0.1) is 12.1 Å². The molecular weight excluding hydrogens is 414 g/mol. The Morgan fingerprint density at radius 3 is 2.48 bits per heavy atom. The van der Waals surface area contributed by atoms with E-state index in [4.69, 9.17) is 4.42 Å². The summed E-state index contributed by atoms with van der Waals surface area (Å²) in [5, 5.41) is 3.33. The number of rotatable bonds is 3. The minimum atomic E-state index is -1.06. The maximum absolute atomic E-state index is 14.0. The molecule has 174 valence electrons. The van der Waals surface area contributed by atoms with E-state index in [-0.39, 0.29) is 17.9 Å². The molecular formula is C27H33N3O3. The Bertz CT molecular complexity index is 1230. The lowest BCUT2D eigenvalue weighted by Crippen LogP contribution is -2.65. The van der Waals surface area contributed by atoms with Gasteiger partial charge in [-0.15, -0.1) is 0 Å². The van der Waals surface area contributed by atoms with Gasteiger partial charge in [0, 0.05) is 23.9 Å². The van der Waals surface area contributed by atoms with Crippen molar-refractivity contribution in [2.24, 2.45) is 0 Å². The van der Waals surface area contributed by atoms with Crippen molar-refractivity contribution in [3.05, 3.63) is 52.9 Å². The number of nitrogens with zero attached hydrogens (tertiary/aromatic N) is 2. The quantitative estimate of drug-likeness (QED) is 0.545. The Balaban J connectivity index is 1.61. The maximum Gasteiger partial charge on any atom is 0.276 e. The molecule has 6 nitrogen and oxygen atoms in total. The first-order chi connectivity index (χ1) is 15.8. The summed E-state index contributed by atoms with van der Waals surface area (Å²) in [4.78, 5) is 29.6. The summed E-state index contributed by atoms with van der Waals surface area (Å²) >= 11 is 0.